The van der Waals surface area contributed by atoms with Gasteiger partial charge in [0.2, 0.25) is 0 Å². The van der Waals surface area contributed by atoms with Gasteiger partial charge in [0.1, 0.15) is 5.75 Å². The number of nitrogens with one attached hydrogen (secondary N) is 1. The van der Waals surface area contributed by atoms with Gasteiger partial charge >= 0.3 is 0 Å². The predicted molar refractivity (Wildman–Crippen MR) is 95.6 cm³/mol. The number of halogens is 1. The molecular weight excluding hydrogens is 362 g/mol. The summed E-state index contributed by atoms with van der Waals surface area (Å²) >= 11 is 4.98. The van der Waals surface area contributed by atoms with Crippen molar-refractivity contribution in [1.82, 2.24) is 0 Å². The van der Waals surface area contributed by atoms with Gasteiger partial charge < -0.3 is 10.1 Å². The average Bonchev–Trinajstić information content (AvgIpc) is 2.53. The van der Waals surface area contributed by atoms with Crippen molar-refractivity contribution in [2.45, 2.75) is 4.90 Å². The molecule has 0 radical (unpaired) electrons. The van der Waals surface area contributed by atoms with E-state index in [2.05, 4.69) is 27.8 Å². The number of carbonyl (C=O) groups excluding carboxylic acids is 1. The number of hydrogen-bond donors (Lipinski definition) is 1. The van der Waals surface area contributed by atoms with Crippen molar-refractivity contribution in [3.63, 3.8) is 0 Å². The van der Waals surface area contributed by atoms with Crippen molar-refractivity contribution < 1.29 is 9.53 Å². The van der Waals surface area contributed by atoms with E-state index in [0.717, 1.165) is 20.8 Å². The minimum absolute atomic E-state index is 0.0257. The van der Waals surface area contributed by atoms with Crippen molar-refractivity contribution >= 4 is 39.3 Å². The minimum atomic E-state index is -0.186. The second-order valence-electron chi connectivity index (χ2n) is 4.39. The molecule has 3 nitrogen and oxygen atoms in total. The lowest BCUT2D eigenvalue weighted by Crippen LogP contribution is -2.20. The summed E-state index contributed by atoms with van der Waals surface area (Å²) in [6, 6.07) is 15.0. The molecule has 0 aliphatic carbocycles. The molecule has 2 rings (SSSR count). The molecule has 0 heterocycles. The van der Waals surface area contributed by atoms with Crippen LogP contribution in [0.25, 0.3) is 0 Å². The summed E-state index contributed by atoms with van der Waals surface area (Å²) in [6.45, 7) is 3.68. The molecule has 0 bridgehead atoms. The summed E-state index contributed by atoms with van der Waals surface area (Å²) in [6.07, 6.45) is 1.83. The second kappa shape index (κ2) is 8.66. The van der Waals surface area contributed by atoms with E-state index >= 15 is 0 Å². The average molecular weight is 378 g/mol. The van der Waals surface area contributed by atoms with Crippen molar-refractivity contribution in [3.8, 4) is 5.75 Å². The van der Waals surface area contributed by atoms with Gasteiger partial charge in [-0.25, -0.2) is 0 Å². The van der Waals surface area contributed by atoms with Crippen LogP contribution in [-0.4, -0.2) is 18.3 Å². The fourth-order valence-electron chi connectivity index (χ4n) is 1.71. The molecule has 1 amide bonds. The number of carbonyl (C=O) groups is 1. The van der Waals surface area contributed by atoms with Crippen molar-refractivity contribution in [2.24, 2.45) is 0 Å². The van der Waals surface area contributed by atoms with Crippen LogP contribution in [-0.2, 0) is 4.79 Å². The van der Waals surface area contributed by atoms with Gasteiger partial charge in [-0.2, -0.15) is 0 Å². The summed E-state index contributed by atoms with van der Waals surface area (Å²) in [5, 5.41) is 2.87. The monoisotopic (exact) mass is 377 g/mol. The standard InChI is InChI=1S/C17H16BrNO2S/c1-2-11-22-16-6-4-3-5-15(16)19-17(20)12-21-14-9-7-13(18)8-10-14/h2-10H,1,11-12H2,(H,19,20). The minimum Gasteiger partial charge on any atom is -0.484 e. The molecule has 22 heavy (non-hydrogen) atoms. The molecular formula is C17H16BrNO2S. The maximum atomic E-state index is 12.0. The lowest BCUT2D eigenvalue weighted by atomic mass is 10.3. The zero-order valence-electron chi connectivity index (χ0n) is 11.9. The van der Waals surface area contributed by atoms with E-state index in [0.29, 0.717) is 5.75 Å². The number of thioether (sulfide) groups is 1. The van der Waals surface area contributed by atoms with E-state index in [-0.39, 0.29) is 12.5 Å². The molecule has 0 saturated carbocycles. The smallest absolute Gasteiger partial charge is 0.262 e. The fourth-order valence-corrected chi connectivity index (χ4v) is 2.72. The number of hydrogen-bond acceptors (Lipinski definition) is 3. The van der Waals surface area contributed by atoms with Crippen LogP contribution in [0.15, 0.2) is 70.6 Å². The Morgan fingerprint density at radius 3 is 2.68 bits per heavy atom. The van der Waals surface area contributed by atoms with E-state index in [9.17, 15) is 4.79 Å². The lowest BCUT2D eigenvalue weighted by Gasteiger charge is -2.11. The van der Waals surface area contributed by atoms with Crippen LogP contribution in [0, 0.1) is 0 Å². The van der Waals surface area contributed by atoms with Crippen LogP contribution >= 0.6 is 27.7 Å². The summed E-state index contributed by atoms with van der Waals surface area (Å²) in [5.41, 5.74) is 0.791. The zero-order valence-corrected chi connectivity index (χ0v) is 14.3. The zero-order chi connectivity index (χ0) is 15.8. The lowest BCUT2D eigenvalue weighted by molar-refractivity contribution is -0.118. The third-order valence-electron chi connectivity index (χ3n) is 2.70. The van der Waals surface area contributed by atoms with Gasteiger partial charge in [0.05, 0.1) is 5.69 Å². The number of para-hydroxylation sites is 1. The third-order valence-corrected chi connectivity index (χ3v) is 4.30. The molecule has 0 unspecified atom stereocenters. The first kappa shape index (κ1) is 16.6. The number of amides is 1. The van der Waals surface area contributed by atoms with E-state index in [1.807, 2.05) is 54.6 Å². The van der Waals surface area contributed by atoms with Gasteiger partial charge in [-0.1, -0.05) is 34.1 Å². The molecule has 0 saturated heterocycles. The van der Waals surface area contributed by atoms with E-state index in [1.165, 1.54) is 0 Å². The topological polar surface area (TPSA) is 38.3 Å². The Balaban J connectivity index is 1.91. The quantitative estimate of drug-likeness (QED) is 0.559. The molecule has 1 N–H and O–H groups in total. The first-order valence-corrected chi connectivity index (χ1v) is 8.48. The maximum absolute atomic E-state index is 12.0. The van der Waals surface area contributed by atoms with Crippen LogP contribution in [0.4, 0.5) is 5.69 Å². The SMILES string of the molecule is C=CCSc1ccccc1NC(=O)COc1ccc(Br)cc1. The Kier molecular flexibility index (Phi) is 6.55. The maximum Gasteiger partial charge on any atom is 0.262 e. The summed E-state index contributed by atoms with van der Waals surface area (Å²) < 4.78 is 6.43. The number of ether oxygens (including phenoxy) is 1. The molecule has 0 aliphatic heterocycles. The van der Waals surface area contributed by atoms with E-state index in [4.69, 9.17) is 4.74 Å². The van der Waals surface area contributed by atoms with Gasteiger partial charge in [-0.3, -0.25) is 4.79 Å². The Labute approximate surface area is 142 Å². The highest BCUT2D eigenvalue weighted by molar-refractivity contribution is 9.10. The molecule has 0 atom stereocenters. The number of anilines is 1. The second-order valence-corrected chi connectivity index (χ2v) is 6.36. The van der Waals surface area contributed by atoms with E-state index < -0.39 is 0 Å². The normalized spacial score (nSPS) is 10.0. The molecule has 5 heteroatoms. The molecule has 0 aliphatic rings. The summed E-state index contributed by atoms with van der Waals surface area (Å²) in [5.74, 6) is 1.27. The highest BCUT2D eigenvalue weighted by atomic mass is 79.9. The third kappa shape index (κ3) is 5.24. The fraction of sp³-hybridized carbons (Fsp3) is 0.118. The highest BCUT2D eigenvalue weighted by Crippen LogP contribution is 2.26. The molecule has 0 spiro atoms. The van der Waals surface area contributed by atoms with Gasteiger partial charge in [0, 0.05) is 15.1 Å². The number of rotatable bonds is 7. The van der Waals surface area contributed by atoms with Crippen molar-refractivity contribution in [3.05, 3.63) is 65.7 Å². The van der Waals surface area contributed by atoms with Crippen LogP contribution in [0.3, 0.4) is 0 Å². The first-order chi connectivity index (χ1) is 10.7. The highest BCUT2D eigenvalue weighted by Gasteiger charge is 2.07. The summed E-state index contributed by atoms with van der Waals surface area (Å²) in [4.78, 5) is 13.0. The molecule has 2 aromatic carbocycles. The summed E-state index contributed by atoms with van der Waals surface area (Å²) in [7, 11) is 0. The molecule has 0 fully saturated rings. The number of benzene rings is 2. The van der Waals surface area contributed by atoms with Crippen LogP contribution < -0.4 is 10.1 Å². The molecule has 114 valence electrons. The van der Waals surface area contributed by atoms with Crippen LogP contribution in [0.2, 0.25) is 0 Å². The van der Waals surface area contributed by atoms with Gasteiger partial charge in [0.25, 0.3) is 5.91 Å². The van der Waals surface area contributed by atoms with Gasteiger partial charge in [0.15, 0.2) is 6.61 Å². The Morgan fingerprint density at radius 2 is 1.95 bits per heavy atom. The van der Waals surface area contributed by atoms with Crippen molar-refractivity contribution in [2.75, 3.05) is 17.7 Å². The largest absolute Gasteiger partial charge is 0.484 e. The van der Waals surface area contributed by atoms with Gasteiger partial charge in [-0.15, -0.1) is 18.3 Å². The Bertz CT molecular complexity index is 643. The van der Waals surface area contributed by atoms with Gasteiger partial charge in [-0.05, 0) is 36.4 Å². The Hall–Kier alpha value is -1.72. The van der Waals surface area contributed by atoms with E-state index in [1.54, 1.807) is 11.8 Å². The first-order valence-electron chi connectivity index (χ1n) is 6.70. The molecule has 0 aromatic heterocycles. The predicted octanol–water partition coefficient (Wildman–Crippen LogP) is 4.74. The van der Waals surface area contributed by atoms with Crippen LogP contribution in [0.1, 0.15) is 0 Å². The Morgan fingerprint density at radius 1 is 1.23 bits per heavy atom. The van der Waals surface area contributed by atoms with Crippen molar-refractivity contribution in [1.29, 1.82) is 0 Å². The van der Waals surface area contributed by atoms with Crippen LogP contribution in [0.5, 0.6) is 5.75 Å². The molecule has 2 aromatic rings.